The van der Waals surface area contributed by atoms with Gasteiger partial charge in [-0.25, -0.2) is 4.99 Å². The number of hydrogen-bond acceptors (Lipinski definition) is 4. The van der Waals surface area contributed by atoms with Crippen molar-refractivity contribution in [3.8, 4) is 0 Å². The summed E-state index contributed by atoms with van der Waals surface area (Å²) in [5.74, 6) is 0.711. The molecule has 0 unspecified atom stereocenters. The summed E-state index contributed by atoms with van der Waals surface area (Å²) in [6.07, 6.45) is 2.18. The molecule has 0 spiro atoms. The number of rotatable bonds is 9. The SMILES string of the molecule is CCCCNC(=NCc1ccccc1CN1CCOCC1)NCC(=O)N(C)C.I. The molecule has 0 aliphatic carbocycles. The average Bonchev–Trinajstić information content (AvgIpc) is 2.71. The molecule has 0 saturated carbocycles. The smallest absolute Gasteiger partial charge is 0.241 e. The fourth-order valence-corrected chi connectivity index (χ4v) is 2.91. The number of likely N-dealkylation sites (N-methyl/N-ethyl adjacent to an activating group) is 1. The molecule has 2 rings (SSSR count). The Hall–Kier alpha value is -1.39. The molecule has 1 heterocycles. The number of amides is 1. The third kappa shape index (κ3) is 9.77. The lowest BCUT2D eigenvalue weighted by atomic mass is 10.1. The van der Waals surface area contributed by atoms with E-state index in [0.717, 1.165) is 52.2 Å². The van der Waals surface area contributed by atoms with Gasteiger partial charge in [-0.15, -0.1) is 24.0 Å². The van der Waals surface area contributed by atoms with E-state index in [1.807, 2.05) is 0 Å². The summed E-state index contributed by atoms with van der Waals surface area (Å²) in [6, 6.07) is 8.44. The van der Waals surface area contributed by atoms with E-state index in [0.29, 0.717) is 12.5 Å². The highest BCUT2D eigenvalue weighted by molar-refractivity contribution is 14.0. The van der Waals surface area contributed by atoms with Crippen molar-refractivity contribution in [1.82, 2.24) is 20.4 Å². The van der Waals surface area contributed by atoms with Crippen LogP contribution in [-0.2, 0) is 22.6 Å². The summed E-state index contributed by atoms with van der Waals surface area (Å²) < 4.78 is 5.45. The molecule has 0 atom stereocenters. The van der Waals surface area contributed by atoms with Gasteiger partial charge >= 0.3 is 0 Å². The molecular formula is C21H36IN5O2. The van der Waals surface area contributed by atoms with E-state index in [9.17, 15) is 4.79 Å². The number of nitrogens with zero attached hydrogens (tertiary/aromatic N) is 3. The molecule has 1 aliphatic rings. The van der Waals surface area contributed by atoms with E-state index in [1.54, 1.807) is 19.0 Å². The number of benzene rings is 1. The Morgan fingerprint density at radius 1 is 1.17 bits per heavy atom. The first-order valence-corrected chi connectivity index (χ1v) is 10.2. The van der Waals surface area contributed by atoms with Crippen molar-refractivity contribution in [2.45, 2.75) is 32.9 Å². The normalized spacial score (nSPS) is 14.8. The van der Waals surface area contributed by atoms with Gasteiger partial charge in [0.1, 0.15) is 0 Å². The van der Waals surface area contributed by atoms with Gasteiger partial charge in [-0.3, -0.25) is 9.69 Å². The molecule has 1 amide bonds. The Labute approximate surface area is 192 Å². The molecule has 1 saturated heterocycles. The second kappa shape index (κ2) is 14.6. The number of carbonyl (C=O) groups is 1. The minimum Gasteiger partial charge on any atom is -0.379 e. The lowest BCUT2D eigenvalue weighted by Gasteiger charge is -2.27. The van der Waals surface area contributed by atoms with Crippen LogP contribution in [0.4, 0.5) is 0 Å². The van der Waals surface area contributed by atoms with Crippen molar-refractivity contribution in [1.29, 1.82) is 0 Å². The third-order valence-electron chi connectivity index (χ3n) is 4.75. The fourth-order valence-electron chi connectivity index (χ4n) is 2.91. The highest BCUT2D eigenvalue weighted by Crippen LogP contribution is 2.14. The molecule has 0 bridgehead atoms. The molecule has 1 aliphatic heterocycles. The van der Waals surface area contributed by atoms with Crippen LogP contribution in [0.1, 0.15) is 30.9 Å². The van der Waals surface area contributed by atoms with Crippen LogP contribution in [0.5, 0.6) is 0 Å². The second-order valence-corrected chi connectivity index (χ2v) is 7.24. The van der Waals surface area contributed by atoms with Gasteiger partial charge < -0.3 is 20.3 Å². The molecule has 8 heteroatoms. The minimum atomic E-state index is 0. The highest BCUT2D eigenvalue weighted by Gasteiger charge is 2.13. The van der Waals surface area contributed by atoms with Crippen LogP contribution in [0.15, 0.2) is 29.3 Å². The number of unbranched alkanes of at least 4 members (excludes halogenated alkanes) is 1. The number of halogens is 1. The summed E-state index contributed by atoms with van der Waals surface area (Å²) in [5, 5.41) is 6.48. The molecule has 1 aromatic rings. The molecular weight excluding hydrogens is 481 g/mol. The largest absolute Gasteiger partial charge is 0.379 e. The van der Waals surface area contributed by atoms with Crippen LogP contribution < -0.4 is 10.6 Å². The monoisotopic (exact) mass is 517 g/mol. The molecule has 2 N–H and O–H groups in total. The number of nitrogens with one attached hydrogen (secondary N) is 2. The zero-order valence-corrected chi connectivity index (χ0v) is 20.3. The van der Waals surface area contributed by atoms with Gasteiger partial charge in [0.15, 0.2) is 5.96 Å². The molecule has 29 heavy (non-hydrogen) atoms. The predicted octanol–water partition coefficient (Wildman–Crippen LogP) is 2.06. The Morgan fingerprint density at radius 3 is 2.52 bits per heavy atom. The number of hydrogen-bond donors (Lipinski definition) is 2. The molecule has 164 valence electrons. The van der Waals surface area contributed by atoms with Gasteiger partial charge in [-0.05, 0) is 17.5 Å². The molecule has 7 nitrogen and oxygen atoms in total. The van der Waals surface area contributed by atoms with Gasteiger partial charge in [0.2, 0.25) is 5.91 Å². The van der Waals surface area contributed by atoms with E-state index in [4.69, 9.17) is 9.73 Å². The van der Waals surface area contributed by atoms with Crippen molar-refractivity contribution in [3.63, 3.8) is 0 Å². The van der Waals surface area contributed by atoms with Gasteiger partial charge in [-0.1, -0.05) is 37.6 Å². The zero-order chi connectivity index (χ0) is 20.2. The van der Waals surface area contributed by atoms with Crippen LogP contribution in [0.3, 0.4) is 0 Å². The van der Waals surface area contributed by atoms with E-state index in [-0.39, 0.29) is 36.4 Å². The van der Waals surface area contributed by atoms with Crippen LogP contribution in [0.25, 0.3) is 0 Å². The van der Waals surface area contributed by atoms with Crippen LogP contribution >= 0.6 is 24.0 Å². The fraction of sp³-hybridized carbons (Fsp3) is 0.619. The summed E-state index contributed by atoms with van der Waals surface area (Å²) in [4.78, 5) is 20.6. The van der Waals surface area contributed by atoms with Crippen molar-refractivity contribution >= 4 is 35.8 Å². The van der Waals surface area contributed by atoms with Gasteiger partial charge in [-0.2, -0.15) is 0 Å². The highest BCUT2D eigenvalue weighted by atomic mass is 127. The topological polar surface area (TPSA) is 69.2 Å². The van der Waals surface area contributed by atoms with E-state index in [2.05, 4.69) is 46.7 Å². The Balaban J connectivity index is 0.00000420. The average molecular weight is 517 g/mol. The van der Waals surface area contributed by atoms with Crippen LogP contribution in [0.2, 0.25) is 0 Å². The first-order chi connectivity index (χ1) is 13.6. The molecule has 0 radical (unpaired) electrons. The Bertz CT molecular complexity index is 633. The first kappa shape index (κ1) is 25.6. The number of ether oxygens (including phenoxy) is 1. The molecule has 0 aromatic heterocycles. The Morgan fingerprint density at radius 2 is 1.86 bits per heavy atom. The number of carbonyl (C=O) groups excluding carboxylic acids is 1. The summed E-state index contributed by atoms with van der Waals surface area (Å²) in [6.45, 7) is 8.27. The van der Waals surface area contributed by atoms with Crippen LogP contribution in [0, 0.1) is 0 Å². The second-order valence-electron chi connectivity index (χ2n) is 7.24. The standard InChI is InChI=1S/C21H35N5O2.HI/c1-4-5-10-22-21(24-16-20(27)25(2)3)23-15-18-8-6-7-9-19(18)17-26-11-13-28-14-12-26;/h6-9H,4-5,10-17H2,1-3H3,(H2,22,23,24);1H. The lowest BCUT2D eigenvalue weighted by Crippen LogP contribution is -2.43. The van der Waals surface area contributed by atoms with E-state index in [1.165, 1.54) is 11.1 Å². The maximum absolute atomic E-state index is 11.9. The number of guanidine groups is 1. The summed E-state index contributed by atoms with van der Waals surface area (Å²) in [7, 11) is 3.51. The molecule has 1 fully saturated rings. The zero-order valence-electron chi connectivity index (χ0n) is 17.9. The van der Waals surface area contributed by atoms with E-state index >= 15 is 0 Å². The van der Waals surface area contributed by atoms with Crippen molar-refractivity contribution < 1.29 is 9.53 Å². The number of morpholine rings is 1. The van der Waals surface area contributed by atoms with Crippen molar-refractivity contribution in [2.75, 3.05) is 53.5 Å². The minimum absolute atomic E-state index is 0. The predicted molar refractivity (Wildman–Crippen MR) is 129 cm³/mol. The van der Waals surface area contributed by atoms with Gasteiger partial charge in [0.05, 0.1) is 26.3 Å². The summed E-state index contributed by atoms with van der Waals surface area (Å²) in [5.41, 5.74) is 2.51. The molecule has 1 aromatic carbocycles. The number of aliphatic imine (C=N–C) groups is 1. The summed E-state index contributed by atoms with van der Waals surface area (Å²) >= 11 is 0. The van der Waals surface area contributed by atoms with Crippen molar-refractivity contribution in [3.05, 3.63) is 35.4 Å². The quantitative estimate of drug-likeness (QED) is 0.227. The first-order valence-electron chi connectivity index (χ1n) is 10.2. The van der Waals surface area contributed by atoms with E-state index < -0.39 is 0 Å². The maximum Gasteiger partial charge on any atom is 0.241 e. The maximum atomic E-state index is 11.9. The van der Waals surface area contributed by atoms with Crippen LogP contribution in [-0.4, -0.2) is 75.2 Å². The van der Waals surface area contributed by atoms with Gasteiger partial charge in [0.25, 0.3) is 0 Å². The third-order valence-corrected chi connectivity index (χ3v) is 4.75. The van der Waals surface area contributed by atoms with Gasteiger partial charge in [0, 0.05) is 40.3 Å². The lowest BCUT2D eigenvalue weighted by molar-refractivity contribution is -0.127. The Kier molecular flexibility index (Phi) is 12.9. The van der Waals surface area contributed by atoms with Crippen molar-refractivity contribution in [2.24, 2.45) is 4.99 Å².